The first-order chi connectivity index (χ1) is 8.00. The smallest absolute Gasteiger partial charge is 0.257 e. The maximum atomic E-state index is 12.4. The summed E-state index contributed by atoms with van der Waals surface area (Å²) in [6, 6.07) is 0.313. The Bertz CT molecular complexity index is 413. The van der Waals surface area contributed by atoms with Crippen LogP contribution in [0.4, 0.5) is 0 Å². The van der Waals surface area contributed by atoms with Crippen LogP contribution in [-0.2, 0) is 0 Å². The van der Waals surface area contributed by atoms with Crippen molar-refractivity contribution in [2.45, 2.75) is 40.2 Å². The van der Waals surface area contributed by atoms with Gasteiger partial charge in [0.2, 0.25) is 0 Å². The van der Waals surface area contributed by atoms with Gasteiger partial charge in [-0.3, -0.25) is 9.89 Å². The Labute approximate surface area is 102 Å². The molecular weight excluding hydrogens is 214 g/mol. The molecule has 1 amide bonds. The van der Waals surface area contributed by atoms with Crippen molar-refractivity contribution in [2.75, 3.05) is 6.54 Å². The first-order valence-electron chi connectivity index (χ1n) is 6.31. The number of hydrogen-bond donors (Lipinski definition) is 1. The third-order valence-corrected chi connectivity index (χ3v) is 3.92. The van der Waals surface area contributed by atoms with Crippen LogP contribution in [0, 0.1) is 18.8 Å². The molecule has 1 aliphatic heterocycles. The number of aryl methyl sites for hydroxylation is 1. The Morgan fingerprint density at radius 3 is 2.76 bits per heavy atom. The van der Waals surface area contributed by atoms with Crippen molar-refractivity contribution in [1.29, 1.82) is 0 Å². The van der Waals surface area contributed by atoms with Crippen LogP contribution < -0.4 is 0 Å². The minimum Gasteiger partial charge on any atom is -0.335 e. The van der Waals surface area contributed by atoms with Crippen molar-refractivity contribution in [3.63, 3.8) is 0 Å². The molecule has 4 heteroatoms. The number of aromatic nitrogens is 2. The molecule has 2 rings (SSSR count). The van der Waals surface area contributed by atoms with Gasteiger partial charge >= 0.3 is 0 Å². The lowest BCUT2D eigenvalue weighted by Gasteiger charge is -2.41. The quantitative estimate of drug-likeness (QED) is 0.811. The molecule has 0 radical (unpaired) electrons. The fourth-order valence-electron chi connectivity index (χ4n) is 2.70. The third kappa shape index (κ3) is 2.21. The lowest BCUT2D eigenvalue weighted by atomic mass is 9.85. The minimum absolute atomic E-state index is 0.113. The van der Waals surface area contributed by atoms with Gasteiger partial charge in [0.15, 0.2) is 0 Å². The van der Waals surface area contributed by atoms with Gasteiger partial charge in [-0.1, -0.05) is 13.8 Å². The predicted molar refractivity (Wildman–Crippen MR) is 66.8 cm³/mol. The Hall–Kier alpha value is -1.32. The molecular formula is C13H21N3O. The van der Waals surface area contributed by atoms with Gasteiger partial charge in [-0.15, -0.1) is 0 Å². The maximum Gasteiger partial charge on any atom is 0.257 e. The van der Waals surface area contributed by atoms with E-state index in [1.54, 1.807) is 6.20 Å². The largest absolute Gasteiger partial charge is 0.335 e. The summed E-state index contributed by atoms with van der Waals surface area (Å²) in [4.78, 5) is 14.4. The van der Waals surface area contributed by atoms with Gasteiger partial charge in [0.05, 0.1) is 11.8 Å². The standard InChI is InChI=1S/C13H21N3O/c1-8-5-9(2)11(4)16(7-8)13(17)12-6-14-15-10(12)3/h6,8-9,11H,5,7H2,1-4H3,(H,14,15). The van der Waals surface area contributed by atoms with E-state index in [4.69, 9.17) is 0 Å². The van der Waals surface area contributed by atoms with Gasteiger partial charge in [-0.05, 0) is 32.1 Å². The van der Waals surface area contributed by atoms with Crippen LogP contribution in [0.2, 0.25) is 0 Å². The molecule has 4 nitrogen and oxygen atoms in total. The third-order valence-electron chi connectivity index (χ3n) is 3.92. The zero-order valence-corrected chi connectivity index (χ0v) is 11.0. The summed E-state index contributed by atoms with van der Waals surface area (Å²) in [6.07, 6.45) is 2.84. The number of carbonyl (C=O) groups is 1. The van der Waals surface area contributed by atoms with Gasteiger partial charge in [0.25, 0.3) is 5.91 Å². The molecule has 1 aromatic heterocycles. The van der Waals surface area contributed by atoms with Gasteiger partial charge in [0, 0.05) is 18.3 Å². The number of nitrogens with zero attached hydrogens (tertiary/aromatic N) is 2. The summed E-state index contributed by atoms with van der Waals surface area (Å²) in [5, 5.41) is 6.76. The van der Waals surface area contributed by atoms with E-state index in [0.717, 1.165) is 12.2 Å². The molecule has 2 heterocycles. The van der Waals surface area contributed by atoms with Crippen molar-refractivity contribution in [2.24, 2.45) is 11.8 Å². The van der Waals surface area contributed by atoms with E-state index in [1.807, 2.05) is 11.8 Å². The van der Waals surface area contributed by atoms with Crippen LogP contribution in [0.5, 0.6) is 0 Å². The first kappa shape index (κ1) is 12.1. The first-order valence-corrected chi connectivity index (χ1v) is 6.31. The molecule has 0 bridgehead atoms. The highest BCUT2D eigenvalue weighted by Gasteiger charge is 2.33. The molecule has 0 saturated carbocycles. The summed E-state index contributed by atoms with van der Waals surface area (Å²) in [7, 11) is 0. The second kappa shape index (κ2) is 4.51. The molecule has 94 valence electrons. The van der Waals surface area contributed by atoms with Crippen molar-refractivity contribution >= 4 is 5.91 Å². The van der Waals surface area contributed by atoms with Gasteiger partial charge in [0.1, 0.15) is 0 Å². The van der Waals surface area contributed by atoms with Crippen LogP contribution in [0.3, 0.4) is 0 Å². The number of rotatable bonds is 1. The normalized spacial score (nSPS) is 29.4. The van der Waals surface area contributed by atoms with E-state index in [9.17, 15) is 4.79 Å². The second-order valence-electron chi connectivity index (χ2n) is 5.42. The lowest BCUT2D eigenvalue weighted by molar-refractivity contribution is 0.0455. The monoisotopic (exact) mass is 235 g/mol. The number of carbonyl (C=O) groups excluding carboxylic acids is 1. The molecule has 3 atom stereocenters. The molecule has 1 fully saturated rings. The molecule has 1 aromatic rings. The number of nitrogens with one attached hydrogen (secondary N) is 1. The molecule has 3 unspecified atom stereocenters. The Morgan fingerprint density at radius 1 is 1.47 bits per heavy atom. The van der Waals surface area contributed by atoms with Gasteiger partial charge < -0.3 is 4.90 Å². The SMILES string of the molecule is Cc1[nH]ncc1C(=O)N1CC(C)CC(C)C1C. The number of aromatic amines is 1. The highest BCUT2D eigenvalue weighted by Crippen LogP contribution is 2.28. The molecule has 1 N–H and O–H groups in total. The second-order valence-corrected chi connectivity index (χ2v) is 5.42. The number of hydrogen-bond acceptors (Lipinski definition) is 2. The molecule has 1 aliphatic rings. The summed E-state index contributed by atoms with van der Waals surface area (Å²) in [5.41, 5.74) is 1.56. The number of piperidine rings is 1. The predicted octanol–water partition coefficient (Wildman–Crippen LogP) is 2.22. The van der Waals surface area contributed by atoms with E-state index in [2.05, 4.69) is 31.0 Å². The average molecular weight is 235 g/mol. The fourth-order valence-corrected chi connectivity index (χ4v) is 2.70. The minimum atomic E-state index is 0.113. The van der Waals surface area contributed by atoms with Gasteiger partial charge in [-0.25, -0.2) is 0 Å². The van der Waals surface area contributed by atoms with Crippen LogP contribution >= 0.6 is 0 Å². The molecule has 0 spiro atoms. The van der Waals surface area contributed by atoms with Gasteiger partial charge in [-0.2, -0.15) is 5.10 Å². The maximum absolute atomic E-state index is 12.4. The fraction of sp³-hybridized carbons (Fsp3) is 0.692. The summed E-state index contributed by atoms with van der Waals surface area (Å²) < 4.78 is 0. The topological polar surface area (TPSA) is 49.0 Å². The lowest BCUT2D eigenvalue weighted by Crippen LogP contribution is -2.48. The highest BCUT2D eigenvalue weighted by atomic mass is 16.2. The van der Waals surface area contributed by atoms with Crippen LogP contribution in [-0.4, -0.2) is 33.6 Å². The summed E-state index contributed by atoms with van der Waals surface area (Å²) in [5.74, 6) is 1.26. The van der Waals surface area contributed by atoms with E-state index in [1.165, 1.54) is 6.42 Å². The molecule has 1 saturated heterocycles. The van der Waals surface area contributed by atoms with Crippen LogP contribution in [0.15, 0.2) is 6.20 Å². The average Bonchev–Trinajstić information content (AvgIpc) is 2.69. The number of H-pyrrole nitrogens is 1. The van der Waals surface area contributed by atoms with E-state index < -0.39 is 0 Å². The Morgan fingerprint density at radius 2 is 2.18 bits per heavy atom. The highest BCUT2D eigenvalue weighted by molar-refractivity contribution is 5.95. The van der Waals surface area contributed by atoms with Crippen molar-refractivity contribution < 1.29 is 4.79 Å². The molecule has 0 aliphatic carbocycles. The van der Waals surface area contributed by atoms with Crippen molar-refractivity contribution in [3.8, 4) is 0 Å². The Balaban J connectivity index is 2.21. The van der Waals surface area contributed by atoms with Crippen molar-refractivity contribution in [3.05, 3.63) is 17.5 Å². The van der Waals surface area contributed by atoms with Crippen molar-refractivity contribution in [1.82, 2.24) is 15.1 Å². The van der Waals surface area contributed by atoms with Crippen LogP contribution in [0.1, 0.15) is 43.2 Å². The number of amides is 1. The zero-order chi connectivity index (χ0) is 12.6. The van der Waals surface area contributed by atoms with Crippen LogP contribution in [0.25, 0.3) is 0 Å². The van der Waals surface area contributed by atoms with E-state index >= 15 is 0 Å². The molecule has 0 aromatic carbocycles. The summed E-state index contributed by atoms with van der Waals surface area (Å²) >= 11 is 0. The zero-order valence-electron chi connectivity index (χ0n) is 11.0. The number of likely N-dealkylation sites (tertiary alicyclic amines) is 1. The van der Waals surface area contributed by atoms with E-state index in [0.29, 0.717) is 23.4 Å². The molecule has 17 heavy (non-hydrogen) atoms. The van der Waals surface area contributed by atoms with E-state index in [-0.39, 0.29) is 5.91 Å². The summed E-state index contributed by atoms with van der Waals surface area (Å²) in [6.45, 7) is 9.33. The Kier molecular flexibility index (Phi) is 3.22.